The first-order chi connectivity index (χ1) is 12.2. The first kappa shape index (κ1) is 17.1. The summed E-state index contributed by atoms with van der Waals surface area (Å²) in [5.41, 5.74) is 3.80. The topological polar surface area (TPSA) is 63.6 Å². The lowest BCUT2D eigenvalue weighted by Crippen LogP contribution is -2.10. The van der Waals surface area contributed by atoms with E-state index >= 15 is 0 Å². The molecule has 0 bridgehead atoms. The van der Waals surface area contributed by atoms with Crippen LogP contribution in [-0.4, -0.2) is 23.3 Å². The number of fused-ring (bicyclic) bond motifs is 1. The predicted octanol–water partition coefficient (Wildman–Crippen LogP) is 3.36. The minimum absolute atomic E-state index is 0.219. The normalized spacial score (nSPS) is 13.7. The molecule has 25 heavy (non-hydrogen) atoms. The van der Waals surface area contributed by atoms with Crippen LogP contribution in [0.2, 0.25) is 0 Å². The van der Waals surface area contributed by atoms with Crippen molar-refractivity contribution >= 4 is 17.6 Å². The molecule has 3 rings (SSSR count). The Bertz CT molecular complexity index is 803. The van der Waals surface area contributed by atoms with Crippen LogP contribution >= 0.6 is 0 Å². The fraction of sp³-hybridized carbons (Fsp3) is 0.238. The van der Waals surface area contributed by atoms with Gasteiger partial charge in [0.05, 0.1) is 0 Å². The Morgan fingerprint density at radius 2 is 1.92 bits per heavy atom. The number of carbonyl (C=O) groups excluding carboxylic acids is 2. The van der Waals surface area contributed by atoms with E-state index < -0.39 is 6.61 Å². The number of benzene rings is 2. The average molecular weight is 336 g/mol. The van der Waals surface area contributed by atoms with Crippen molar-refractivity contribution < 1.29 is 19.4 Å². The van der Waals surface area contributed by atoms with Gasteiger partial charge in [-0.3, -0.25) is 9.59 Å². The van der Waals surface area contributed by atoms with Crippen LogP contribution in [0.4, 0.5) is 0 Å². The molecule has 0 saturated carbocycles. The average Bonchev–Trinajstić information content (AvgIpc) is 2.65. The molecule has 0 saturated heterocycles. The van der Waals surface area contributed by atoms with Gasteiger partial charge in [-0.25, -0.2) is 0 Å². The lowest BCUT2D eigenvalue weighted by Gasteiger charge is -2.16. The van der Waals surface area contributed by atoms with Gasteiger partial charge in [-0.1, -0.05) is 30.3 Å². The van der Waals surface area contributed by atoms with Crippen molar-refractivity contribution in [3.8, 4) is 5.75 Å². The molecule has 1 N–H and O–H groups in total. The highest BCUT2D eigenvalue weighted by Crippen LogP contribution is 2.26. The summed E-state index contributed by atoms with van der Waals surface area (Å²) in [4.78, 5) is 22.9. The lowest BCUT2D eigenvalue weighted by atomic mass is 9.90. The van der Waals surface area contributed by atoms with Gasteiger partial charge in [-0.05, 0) is 53.8 Å². The van der Waals surface area contributed by atoms with Crippen LogP contribution in [0.25, 0.3) is 6.08 Å². The van der Waals surface area contributed by atoms with Crippen LogP contribution in [0, 0.1) is 0 Å². The van der Waals surface area contributed by atoms with Gasteiger partial charge in [0.15, 0.2) is 11.6 Å². The molecule has 2 aromatic rings. The summed E-state index contributed by atoms with van der Waals surface area (Å²) in [6.45, 7) is -0.0406. The Morgan fingerprint density at radius 3 is 2.68 bits per heavy atom. The summed E-state index contributed by atoms with van der Waals surface area (Å²) in [5.74, 6) is 0.667. The zero-order chi connectivity index (χ0) is 17.6. The quantitative estimate of drug-likeness (QED) is 0.822. The molecule has 0 spiro atoms. The number of hydrogen-bond donors (Lipinski definition) is 1. The maximum absolute atomic E-state index is 11.8. The number of rotatable bonds is 6. The summed E-state index contributed by atoms with van der Waals surface area (Å²) >= 11 is 0. The summed E-state index contributed by atoms with van der Waals surface area (Å²) in [6, 6.07) is 13.3. The SMILES string of the molecule is O=C(/C=C/c1ccc(COc2ccc3c(c2)CCCC3=O)cc1)CO. The van der Waals surface area contributed by atoms with E-state index in [0.717, 1.165) is 40.8 Å². The third-order valence-corrected chi connectivity index (χ3v) is 4.23. The van der Waals surface area contributed by atoms with E-state index in [-0.39, 0.29) is 11.6 Å². The van der Waals surface area contributed by atoms with E-state index in [4.69, 9.17) is 9.84 Å². The Hall–Kier alpha value is -2.72. The molecule has 0 aromatic heterocycles. The second-order valence-corrected chi connectivity index (χ2v) is 6.08. The number of carbonyl (C=O) groups is 2. The number of hydrogen-bond acceptors (Lipinski definition) is 4. The van der Waals surface area contributed by atoms with Gasteiger partial charge < -0.3 is 9.84 Å². The van der Waals surface area contributed by atoms with Gasteiger partial charge in [-0.2, -0.15) is 0 Å². The van der Waals surface area contributed by atoms with Crippen molar-refractivity contribution in [1.82, 2.24) is 0 Å². The van der Waals surface area contributed by atoms with Gasteiger partial charge in [0.1, 0.15) is 19.0 Å². The number of aliphatic hydroxyl groups is 1. The van der Waals surface area contributed by atoms with Crippen LogP contribution in [0.5, 0.6) is 5.75 Å². The molecule has 0 fully saturated rings. The molecule has 4 heteroatoms. The molecule has 1 aliphatic rings. The first-order valence-corrected chi connectivity index (χ1v) is 8.35. The minimum Gasteiger partial charge on any atom is -0.489 e. The van der Waals surface area contributed by atoms with Gasteiger partial charge in [0.2, 0.25) is 0 Å². The van der Waals surface area contributed by atoms with E-state index in [1.54, 1.807) is 6.08 Å². The first-order valence-electron chi connectivity index (χ1n) is 8.35. The second kappa shape index (κ2) is 7.90. The fourth-order valence-corrected chi connectivity index (χ4v) is 2.85. The Balaban J connectivity index is 1.61. The highest BCUT2D eigenvalue weighted by molar-refractivity contribution is 5.98. The van der Waals surface area contributed by atoms with Gasteiger partial charge in [0, 0.05) is 12.0 Å². The molecule has 4 nitrogen and oxygen atoms in total. The minimum atomic E-state index is -0.477. The molecular formula is C21H20O4. The van der Waals surface area contributed by atoms with Crippen LogP contribution in [-0.2, 0) is 17.8 Å². The maximum Gasteiger partial charge on any atom is 0.181 e. The van der Waals surface area contributed by atoms with Gasteiger partial charge in [-0.15, -0.1) is 0 Å². The number of aliphatic hydroxyl groups excluding tert-OH is 1. The van der Waals surface area contributed by atoms with Gasteiger partial charge >= 0.3 is 0 Å². The largest absolute Gasteiger partial charge is 0.489 e. The van der Waals surface area contributed by atoms with Crippen LogP contribution < -0.4 is 4.74 Å². The standard InChI is InChI=1S/C21H20O4/c22-13-18(23)9-8-15-4-6-16(7-5-15)14-25-19-10-11-20-17(12-19)2-1-3-21(20)24/h4-12,22H,1-3,13-14H2/b9-8+. The molecule has 0 unspecified atom stereocenters. The molecule has 128 valence electrons. The molecule has 0 radical (unpaired) electrons. The molecule has 0 aliphatic heterocycles. The second-order valence-electron chi connectivity index (χ2n) is 6.08. The summed E-state index contributed by atoms with van der Waals surface area (Å²) in [6.07, 6.45) is 5.50. The number of ketones is 2. The number of ether oxygens (including phenoxy) is 1. The monoisotopic (exact) mass is 336 g/mol. The third-order valence-electron chi connectivity index (χ3n) is 4.23. The van der Waals surface area contributed by atoms with Crippen LogP contribution in [0.1, 0.15) is 39.9 Å². The molecule has 2 aromatic carbocycles. The van der Waals surface area contributed by atoms with Crippen molar-refractivity contribution in [3.05, 3.63) is 70.8 Å². The fourth-order valence-electron chi connectivity index (χ4n) is 2.85. The van der Waals surface area contributed by atoms with Crippen molar-refractivity contribution in [1.29, 1.82) is 0 Å². The maximum atomic E-state index is 11.8. The zero-order valence-electron chi connectivity index (χ0n) is 13.9. The summed E-state index contributed by atoms with van der Waals surface area (Å²) in [7, 11) is 0. The number of aryl methyl sites for hydroxylation is 1. The van der Waals surface area contributed by atoms with Crippen molar-refractivity contribution in [2.45, 2.75) is 25.9 Å². The van der Waals surface area contributed by atoms with Crippen molar-refractivity contribution in [2.75, 3.05) is 6.61 Å². The number of Topliss-reactive ketones (excluding diaryl/α,β-unsaturated/α-hetero) is 1. The molecular weight excluding hydrogens is 316 g/mol. The predicted molar refractivity (Wildman–Crippen MR) is 95.6 cm³/mol. The van der Waals surface area contributed by atoms with Crippen molar-refractivity contribution in [2.24, 2.45) is 0 Å². The Morgan fingerprint density at radius 1 is 1.12 bits per heavy atom. The zero-order valence-corrected chi connectivity index (χ0v) is 13.9. The van der Waals surface area contributed by atoms with Crippen LogP contribution in [0.3, 0.4) is 0 Å². The third kappa shape index (κ3) is 4.43. The lowest BCUT2D eigenvalue weighted by molar-refractivity contribution is -0.117. The highest BCUT2D eigenvalue weighted by Gasteiger charge is 2.17. The van der Waals surface area contributed by atoms with Crippen LogP contribution in [0.15, 0.2) is 48.5 Å². The molecule has 0 atom stereocenters. The van der Waals surface area contributed by atoms with Crippen molar-refractivity contribution in [3.63, 3.8) is 0 Å². The van der Waals surface area contributed by atoms with E-state index in [2.05, 4.69) is 0 Å². The molecule has 0 heterocycles. The Kier molecular flexibility index (Phi) is 5.41. The van der Waals surface area contributed by atoms with E-state index in [1.165, 1.54) is 6.08 Å². The summed E-state index contributed by atoms with van der Waals surface area (Å²) in [5, 5.41) is 8.69. The molecule has 1 aliphatic carbocycles. The molecule has 0 amide bonds. The van der Waals surface area contributed by atoms with E-state index in [0.29, 0.717) is 13.0 Å². The van der Waals surface area contributed by atoms with E-state index in [1.807, 2.05) is 42.5 Å². The van der Waals surface area contributed by atoms with Gasteiger partial charge in [0.25, 0.3) is 0 Å². The van der Waals surface area contributed by atoms with E-state index in [9.17, 15) is 9.59 Å². The highest BCUT2D eigenvalue weighted by atomic mass is 16.5. The Labute approximate surface area is 146 Å². The summed E-state index contributed by atoms with van der Waals surface area (Å²) < 4.78 is 5.83. The smallest absolute Gasteiger partial charge is 0.181 e.